The van der Waals surface area contributed by atoms with E-state index in [4.69, 9.17) is 9.47 Å². The van der Waals surface area contributed by atoms with Gasteiger partial charge in [-0.15, -0.1) is 0 Å². The third-order valence-corrected chi connectivity index (χ3v) is 3.57. The van der Waals surface area contributed by atoms with E-state index in [1.165, 1.54) is 0 Å². The number of nitrogens with zero attached hydrogens (tertiary/aromatic N) is 1. The molecule has 0 aromatic heterocycles. The molecule has 3 N–H and O–H groups in total. The first-order valence-electron chi connectivity index (χ1n) is 8.09. The first-order valence-corrected chi connectivity index (χ1v) is 8.09. The third kappa shape index (κ3) is 6.26. The van der Waals surface area contributed by atoms with Gasteiger partial charge in [-0.3, -0.25) is 4.90 Å². The molecule has 1 unspecified atom stereocenters. The van der Waals surface area contributed by atoms with Crippen LogP contribution in [0, 0.1) is 0 Å². The van der Waals surface area contributed by atoms with Crippen molar-refractivity contribution in [1.29, 1.82) is 0 Å². The molecule has 8 nitrogen and oxygen atoms in total. The van der Waals surface area contributed by atoms with Crippen molar-refractivity contribution in [3.8, 4) is 0 Å². The van der Waals surface area contributed by atoms with Gasteiger partial charge in [0.1, 0.15) is 11.1 Å². The quantitative estimate of drug-likeness (QED) is 0.662. The smallest absolute Gasteiger partial charge is 0.408 e. The van der Waals surface area contributed by atoms with Gasteiger partial charge in [-0.05, 0) is 54.4 Å². The second kappa shape index (κ2) is 7.25. The molecule has 0 aliphatic carbocycles. The molecule has 0 aromatic rings. The van der Waals surface area contributed by atoms with Crippen LogP contribution in [-0.4, -0.2) is 63.4 Å². The molecule has 1 rings (SSSR count). The molecule has 24 heavy (non-hydrogen) atoms. The number of ether oxygens (including phenoxy) is 2. The second-order valence-corrected chi connectivity index (χ2v) is 8.11. The maximum absolute atomic E-state index is 12.0. The van der Waals surface area contributed by atoms with Crippen molar-refractivity contribution in [3.63, 3.8) is 0 Å². The molecule has 1 atom stereocenters. The molecule has 0 spiro atoms. The zero-order chi connectivity index (χ0) is 18.8. The third-order valence-electron chi connectivity index (χ3n) is 3.57. The molecule has 140 valence electrons. The second-order valence-electron chi connectivity index (χ2n) is 8.11. The lowest BCUT2D eigenvalue weighted by molar-refractivity contribution is -0.244. The number of nitrogens with one attached hydrogen (secondary N) is 1. The molecular formula is C16H30N2O6. The number of rotatable bonds is 4. The highest BCUT2D eigenvalue weighted by Crippen LogP contribution is 2.26. The van der Waals surface area contributed by atoms with Gasteiger partial charge in [0.05, 0.1) is 5.60 Å². The van der Waals surface area contributed by atoms with Gasteiger partial charge >= 0.3 is 12.1 Å². The van der Waals surface area contributed by atoms with Crippen molar-refractivity contribution in [3.05, 3.63) is 0 Å². The average molecular weight is 346 g/mol. The predicted octanol–water partition coefficient (Wildman–Crippen LogP) is 1.52. The standard InChI is InChI=1S/C16H30N2O6/c1-14(2,3)23-12(21)17-16(11(19)20)7-9-18(10-8-16)13(22)24-15(4,5)6/h13,22H,7-10H2,1-6H3,(H,17,21)(H,19,20). The van der Waals surface area contributed by atoms with E-state index in [9.17, 15) is 19.8 Å². The minimum atomic E-state index is -1.40. The van der Waals surface area contributed by atoms with Crippen molar-refractivity contribution >= 4 is 12.1 Å². The molecule has 1 saturated heterocycles. The van der Waals surface area contributed by atoms with Gasteiger partial charge in [0.2, 0.25) is 6.41 Å². The lowest BCUT2D eigenvalue weighted by Gasteiger charge is -2.41. The summed E-state index contributed by atoms with van der Waals surface area (Å²) >= 11 is 0. The number of aliphatic hydroxyl groups excluding tert-OH is 1. The van der Waals surface area contributed by atoms with E-state index in [1.54, 1.807) is 25.7 Å². The number of carboxylic acids is 1. The van der Waals surface area contributed by atoms with E-state index >= 15 is 0 Å². The Bertz CT molecular complexity index is 458. The van der Waals surface area contributed by atoms with Crippen molar-refractivity contribution in [2.45, 2.75) is 77.5 Å². The van der Waals surface area contributed by atoms with E-state index in [0.717, 1.165) is 0 Å². The minimum absolute atomic E-state index is 0.145. The highest BCUT2D eigenvalue weighted by atomic mass is 16.6. The average Bonchev–Trinajstić information content (AvgIpc) is 2.34. The largest absolute Gasteiger partial charge is 0.480 e. The van der Waals surface area contributed by atoms with E-state index in [1.807, 2.05) is 20.8 Å². The van der Waals surface area contributed by atoms with Crippen molar-refractivity contribution < 1.29 is 29.3 Å². The number of carbonyl (C=O) groups excluding carboxylic acids is 1. The van der Waals surface area contributed by atoms with Crippen molar-refractivity contribution in [2.24, 2.45) is 0 Å². The Hall–Kier alpha value is -1.38. The van der Waals surface area contributed by atoms with Gasteiger partial charge in [-0.25, -0.2) is 9.59 Å². The van der Waals surface area contributed by atoms with E-state index < -0.39 is 35.2 Å². The SMILES string of the molecule is CC(C)(C)OC(=O)NC1(C(=O)O)CCN(C(O)OC(C)(C)C)CC1. The Balaban J connectivity index is 2.70. The molecule has 1 fully saturated rings. The van der Waals surface area contributed by atoms with Crippen LogP contribution in [0.5, 0.6) is 0 Å². The van der Waals surface area contributed by atoms with Crippen molar-refractivity contribution in [1.82, 2.24) is 10.2 Å². The van der Waals surface area contributed by atoms with Gasteiger partial charge < -0.3 is 25.0 Å². The van der Waals surface area contributed by atoms with Gasteiger partial charge in [0, 0.05) is 13.1 Å². The molecule has 8 heteroatoms. The molecule has 1 aliphatic rings. The summed E-state index contributed by atoms with van der Waals surface area (Å²) in [6.07, 6.45) is -1.58. The number of alkyl carbamates (subject to hydrolysis) is 1. The number of hydrogen-bond donors (Lipinski definition) is 3. The summed E-state index contributed by atoms with van der Waals surface area (Å²) in [6, 6.07) is 0. The topological polar surface area (TPSA) is 108 Å². The molecule has 0 radical (unpaired) electrons. The van der Waals surface area contributed by atoms with Gasteiger partial charge in [-0.2, -0.15) is 0 Å². The van der Waals surface area contributed by atoms with Crippen LogP contribution < -0.4 is 5.32 Å². The van der Waals surface area contributed by atoms with Crippen LogP contribution in [0.15, 0.2) is 0 Å². The van der Waals surface area contributed by atoms with Crippen LogP contribution in [0.4, 0.5) is 4.79 Å². The summed E-state index contributed by atoms with van der Waals surface area (Å²) in [7, 11) is 0. The van der Waals surface area contributed by atoms with E-state index in [0.29, 0.717) is 0 Å². The minimum Gasteiger partial charge on any atom is -0.480 e. The molecule has 1 heterocycles. The Morgan fingerprint density at radius 2 is 1.58 bits per heavy atom. The van der Waals surface area contributed by atoms with Crippen LogP contribution in [0.3, 0.4) is 0 Å². The Morgan fingerprint density at radius 1 is 1.08 bits per heavy atom. The van der Waals surface area contributed by atoms with E-state index in [-0.39, 0.29) is 25.9 Å². The van der Waals surface area contributed by atoms with Crippen LogP contribution in [0.25, 0.3) is 0 Å². The number of piperidine rings is 1. The number of likely N-dealkylation sites (tertiary alicyclic amines) is 1. The molecular weight excluding hydrogens is 316 g/mol. The van der Waals surface area contributed by atoms with Crippen LogP contribution >= 0.6 is 0 Å². The van der Waals surface area contributed by atoms with Crippen LogP contribution in [0.2, 0.25) is 0 Å². The summed E-state index contributed by atoms with van der Waals surface area (Å²) < 4.78 is 10.6. The zero-order valence-corrected chi connectivity index (χ0v) is 15.4. The first-order chi connectivity index (χ1) is 10.7. The highest BCUT2D eigenvalue weighted by Gasteiger charge is 2.45. The summed E-state index contributed by atoms with van der Waals surface area (Å²) in [6.45, 7) is 11.2. The number of carboxylic acid groups (broad SMARTS) is 1. The molecule has 1 amide bonds. The maximum Gasteiger partial charge on any atom is 0.408 e. The fraction of sp³-hybridized carbons (Fsp3) is 0.875. The molecule has 0 saturated carbocycles. The number of hydrogen-bond acceptors (Lipinski definition) is 6. The fourth-order valence-corrected chi connectivity index (χ4v) is 2.41. The Labute approximate surface area is 143 Å². The fourth-order valence-electron chi connectivity index (χ4n) is 2.41. The monoisotopic (exact) mass is 346 g/mol. The Morgan fingerprint density at radius 3 is 1.96 bits per heavy atom. The zero-order valence-electron chi connectivity index (χ0n) is 15.4. The molecule has 1 aliphatic heterocycles. The number of aliphatic carboxylic acids is 1. The van der Waals surface area contributed by atoms with Gasteiger partial charge in [-0.1, -0.05) is 0 Å². The Kier molecular flexibility index (Phi) is 6.24. The predicted molar refractivity (Wildman–Crippen MR) is 87.4 cm³/mol. The van der Waals surface area contributed by atoms with Crippen LogP contribution in [0.1, 0.15) is 54.4 Å². The highest BCUT2D eigenvalue weighted by molar-refractivity contribution is 5.84. The maximum atomic E-state index is 12.0. The number of amides is 1. The van der Waals surface area contributed by atoms with Gasteiger partial charge in [0.15, 0.2) is 0 Å². The molecule has 0 aromatic carbocycles. The summed E-state index contributed by atoms with van der Waals surface area (Å²) in [5.41, 5.74) is -2.63. The number of aliphatic hydroxyl groups is 1. The lowest BCUT2D eigenvalue weighted by atomic mass is 9.87. The van der Waals surface area contributed by atoms with E-state index in [2.05, 4.69) is 5.32 Å². The van der Waals surface area contributed by atoms with Crippen molar-refractivity contribution in [2.75, 3.05) is 13.1 Å². The number of carbonyl (C=O) groups is 2. The first kappa shape index (κ1) is 20.7. The van der Waals surface area contributed by atoms with Gasteiger partial charge in [0.25, 0.3) is 0 Å². The normalized spacial score (nSPS) is 20.3. The summed E-state index contributed by atoms with van der Waals surface area (Å²) in [5, 5.41) is 22.1. The lowest BCUT2D eigenvalue weighted by Crippen LogP contribution is -2.62. The summed E-state index contributed by atoms with van der Waals surface area (Å²) in [4.78, 5) is 25.3. The molecule has 0 bridgehead atoms. The summed E-state index contributed by atoms with van der Waals surface area (Å²) in [5.74, 6) is -1.11. The van der Waals surface area contributed by atoms with Crippen LogP contribution in [-0.2, 0) is 14.3 Å².